The molecular formula is C25H35NO2. The van der Waals surface area contributed by atoms with Gasteiger partial charge in [0.05, 0.1) is 11.7 Å². The van der Waals surface area contributed by atoms with Crippen molar-refractivity contribution in [1.82, 2.24) is 4.98 Å². The zero-order chi connectivity index (χ0) is 19.7. The van der Waals surface area contributed by atoms with Crippen LogP contribution in [0.15, 0.2) is 30.6 Å². The van der Waals surface area contributed by atoms with Crippen molar-refractivity contribution in [3.63, 3.8) is 0 Å². The van der Waals surface area contributed by atoms with E-state index in [0.29, 0.717) is 24.2 Å². The van der Waals surface area contributed by atoms with E-state index in [9.17, 15) is 10.2 Å². The number of allylic oxidation sites excluding steroid dienone is 2. The SMILES string of the molecule is CC1CC2C3CC=C(c4cccnc4)[C@@]3(C)CCC2[C@@]2(C)CC[C@H](O)CC12O. The minimum absolute atomic E-state index is 0.0626. The van der Waals surface area contributed by atoms with Gasteiger partial charge >= 0.3 is 0 Å². The number of nitrogens with zero attached hydrogens (tertiary/aromatic N) is 1. The maximum absolute atomic E-state index is 11.8. The first-order valence-corrected chi connectivity index (χ1v) is 11.3. The van der Waals surface area contributed by atoms with E-state index in [1.54, 1.807) is 0 Å². The molecule has 0 saturated heterocycles. The van der Waals surface area contributed by atoms with Gasteiger partial charge in [0.2, 0.25) is 0 Å². The number of pyridine rings is 1. The van der Waals surface area contributed by atoms with Crippen molar-refractivity contribution in [3.05, 3.63) is 36.2 Å². The summed E-state index contributed by atoms with van der Waals surface area (Å²) in [7, 11) is 0. The fraction of sp³-hybridized carbons (Fsp3) is 0.720. The summed E-state index contributed by atoms with van der Waals surface area (Å²) >= 11 is 0. The summed E-state index contributed by atoms with van der Waals surface area (Å²) in [6.45, 7) is 7.07. The van der Waals surface area contributed by atoms with Crippen LogP contribution >= 0.6 is 0 Å². The van der Waals surface area contributed by atoms with E-state index in [2.05, 4.69) is 44.0 Å². The highest BCUT2D eigenvalue weighted by Gasteiger charge is 2.65. The van der Waals surface area contributed by atoms with Crippen molar-refractivity contribution in [2.75, 3.05) is 0 Å². The molecule has 3 nitrogen and oxygen atoms in total. The van der Waals surface area contributed by atoms with Crippen molar-refractivity contribution in [3.8, 4) is 0 Å². The van der Waals surface area contributed by atoms with Gasteiger partial charge in [-0.2, -0.15) is 0 Å². The van der Waals surface area contributed by atoms with E-state index in [1.165, 1.54) is 24.0 Å². The van der Waals surface area contributed by atoms with Gasteiger partial charge in [0, 0.05) is 18.8 Å². The summed E-state index contributed by atoms with van der Waals surface area (Å²) in [5, 5.41) is 22.1. The number of aromatic nitrogens is 1. The lowest BCUT2D eigenvalue weighted by Gasteiger charge is -2.66. The first kappa shape index (κ1) is 18.8. The third-order valence-corrected chi connectivity index (χ3v) is 9.78. The molecule has 0 spiro atoms. The molecule has 4 aliphatic carbocycles. The van der Waals surface area contributed by atoms with Crippen LogP contribution in [-0.2, 0) is 0 Å². The summed E-state index contributed by atoms with van der Waals surface area (Å²) in [4.78, 5) is 4.38. The Balaban J connectivity index is 1.49. The first-order valence-electron chi connectivity index (χ1n) is 11.3. The van der Waals surface area contributed by atoms with Crippen molar-refractivity contribution in [2.45, 2.75) is 77.4 Å². The second-order valence-electron chi connectivity index (χ2n) is 10.8. The number of fused-ring (bicyclic) bond motifs is 5. The van der Waals surface area contributed by atoms with Crippen LogP contribution in [0.1, 0.15) is 71.3 Å². The largest absolute Gasteiger partial charge is 0.393 e. The van der Waals surface area contributed by atoms with Crippen molar-refractivity contribution < 1.29 is 10.2 Å². The summed E-state index contributed by atoms with van der Waals surface area (Å²) < 4.78 is 0. The van der Waals surface area contributed by atoms with Crippen LogP contribution in [0.5, 0.6) is 0 Å². The molecule has 0 bridgehead atoms. The van der Waals surface area contributed by atoms with Crippen LogP contribution in [0.2, 0.25) is 0 Å². The predicted octanol–water partition coefficient (Wildman–Crippen LogP) is 4.84. The van der Waals surface area contributed by atoms with Gasteiger partial charge in [-0.15, -0.1) is 0 Å². The summed E-state index contributed by atoms with van der Waals surface area (Å²) in [5.41, 5.74) is 2.24. The molecule has 4 aliphatic rings. The molecule has 1 aromatic rings. The molecule has 28 heavy (non-hydrogen) atoms. The van der Waals surface area contributed by atoms with Gasteiger partial charge in [0.15, 0.2) is 0 Å². The van der Waals surface area contributed by atoms with Gasteiger partial charge in [-0.1, -0.05) is 32.9 Å². The molecule has 3 saturated carbocycles. The normalized spacial score (nSPS) is 50.3. The van der Waals surface area contributed by atoms with Crippen molar-refractivity contribution in [2.24, 2.45) is 34.5 Å². The molecule has 0 aromatic carbocycles. The van der Waals surface area contributed by atoms with E-state index < -0.39 is 5.60 Å². The second-order valence-corrected chi connectivity index (χ2v) is 10.8. The Bertz CT molecular complexity index is 791. The van der Waals surface area contributed by atoms with Crippen LogP contribution < -0.4 is 0 Å². The molecule has 2 N–H and O–H groups in total. The van der Waals surface area contributed by atoms with Gasteiger partial charge in [0.25, 0.3) is 0 Å². The highest BCUT2D eigenvalue weighted by molar-refractivity contribution is 5.72. The first-order chi connectivity index (χ1) is 13.3. The third-order valence-electron chi connectivity index (χ3n) is 9.78. The van der Waals surface area contributed by atoms with E-state index in [0.717, 1.165) is 25.7 Å². The molecule has 152 valence electrons. The Hall–Kier alpha value is -1.19. The molecule has 1 aromatic heterocycles. The van der Waals surface area contributed by atoms with Gasteiger partial charge in [-0.25, -0.2) is 0 Å². The Morgan fingerprint density at radius 1 is 1.14 bits per heavy atom. The lowest BCUT2D eigenvalue weighted by atomic mass is 9.41. The maximum atomic E-state index is 11.8. The van der Waals surface area contributed by atoms with E-state index in [-0.39, 0.29) is 22.9 Å². The fourth-order valence-corrected chi connectivity index (χ4v) is 8.20. The Kier molecular flexibility index (Phi) is 4.13. The second kappa shape index (κ2) is 6.15. The Morgan fingerprint density at radius 2 is 1.96 bits per heavy atom. The Morgan fingerprint density at radius 3 is 2.71 bits per heavy atom. The molecule has 5 unspecified atom stereocenters. The van der Waals surface area contributed by atoms with Crippen molar-refractivity contribution in [1.29, 1.82) is 0 Å². The van der Waals surface area contributed by atoms with E-state index in [1.807, 2.05) is 12.4 Å². The van der Waals surface area contributed by atoms with Gasteiger partial charge in [-0.3, -0.25) is 4.98 Å². The zero-order valence-electron chi connectivity index (χ0n) is 17.6. The lowest BCUT2D eigenvalue weighted by molar-refractivity contribution is -0.241. The Labute approximate surface area is 169 Å². The summed E-state index contributed by atoms with van der Waals surface area (Å²) in [6.07, 6.45) is 13.0. The number of aliphatic hydroxyl groups excluding tert-OH is 1. The number of rotatable bonds is 1. The standard InChI is InChI=1S/C25H35NO2/c1-16-13-19-21-7-6-20(17-5-4-12-26-15-17)23(21,2)10-9-22(19)24(3)11-8-18(27)14-25(16,24)28/h4-6,12,15-16,18-19,21-22,27-28H,7-11,13-14H2,1-3H3/t16?,18-,19?,21?,22?,23+,24+,25?/m0/s1. The van der Waals surface area contributed by atoms with Gasteiger partial charge in [0.1, 0.15) is 0 Å². The third kappa shape index (κ3) is 2.32. The zero-order valence-corrected chi connectivity index (χ0v) is 17.6. The molecule has 8 atom stereocenters. The molecule has 0 amide bonds. The minimum atomic E-state index is -0.711. The maximum Gasteiger partial charge on any atom is 0.0753 e. The molecular weight excluding hydrogens is 346 g/mol. The minimum Gasteiger partial charge on any atom is -0.393 e. The van der Waals surface area contributed by atoms with E-state index >= 15 is 0 Å². The predicted molar refractivity (Wildman–Crippen MR) is 111 cm³/mol. The molecule has 0 aliphatic heterocycles. The average Bonchev–Trinajstić information content (AvgIpc) is 3.03. The smallest absolute Gasteiger partial charge is 0.0753 e. The topological polar surface area (TPSA) is 53.4 Å². The highest BCUT2D eigenvalue weighted by Crippen LogP contribution is 2.69. The fourth-order valence-electron chi connectivity index (χ4n) is 8.20. The van der Waals surface area contributed by atoms with Crippen LogP contribution in [0.25, 0.3) is 5.57 Å². The number of aliphatic hydroxyl groups is 2. The molecule has 0 radical (unpaired) electrons. The van der Waals surface area contributed by atoms with Gasteiger partial charge in [-0.05, 0) is 90.2 Å². The summed E-state index contributed by atoms with van der Waals surface area (Å²) in [6, 6.07) is 4.26. The highest BCUT2D eigenvalue weighted by atomic mass is 16.3. The van der Waals surface area contributed by atoms with Gasteiger partial charge < -0.3 is 10.2 Å². The molecule has 5 rings (SSSR count). The lowest BCUT2D eigenvalue weighted by Crippen LogP contribution is -2.66. The van der Waals surface area contributed by atoms with Crippen LogP contribution in [0, 0.1) is 34.5 Å². The van der Waals surface area contributed by atoms with E-state index in [4.69, 9.17) is 0 Å². The molecule has 3 heteroatoms. The van der Waals surface area contributed by atoms with Crippen LogP contribution in [0.3, 0.4) is 0 Å². The number of hydrogen-bond acceptors (Lipinski definition) is 3. The monoisotopic (exact) mass is 381 g/mol. The van der Waals surface area contributed by atoms with Crippen LogP contribution in [0.4, 0.5) is 0 Å². The molecule has 3 fully saturated rings. The van der Waals surface area contributed by atoms with Crippen LogP contribution in [-0.4, -0.2) is 26.9 Å². The summed E-state index contributed by atoms with van der Waals surface area (Å²) in [5.74, 6) is 2.15. The number of hydrogen-bond donors (Lipinski definition) is 2. The average molecular weight is 382 g/mol. The quantitative estimate of drug-likeness (QED) is 0.732. The van der Waals surface area contributed by atoms with Crippen molar-refractivity contribution >= 4 is 5.57 Å². The molecule has 1 heterocycles.